The van der Waals surface area contributed by atoms with Gasteiger partial charge in [-0.15, -0.1) is 11.3 Å². The summed E-state index contributed by atoms with van der Waals surface area (Å²) in [6, 6.07) is -1.42. The molecule has 0 aliphatic rings. The van der Waals surface area contributed by atoms with Gasteiger partial charge in [-0.2, -0.15) is 0 Å². The van der Waals surface area contributed by atoms with E-state index in [2.05, 4.69) is 15.6 Å². The van der Waals surface area contributed by atoms with Gasteiger partial charge < -0.3 is 15.7 Å². The summed E-state index contributed by atoms with van der Waals surface area (Å²) in [5, 5.41) is 16.1. The lowest BCUT2D eigenvalue weighted by Gasteiger charge is -2.09. The van der Waals surface area contributed by atoms with E-state index < -0.39 is 18.0 Å². The van der Waals surface area contributed by atoms with Gasteiger partial charge in [0, 0.05) is 11.1 Å². The monoisotopic (exact) mass is 243 g/mol. The number of aromatic nitrogens is 1. The molecule has 0 fully saturated rings. The highest BCUT2D eigenvalue weighted by Crippen LogP contribution is 2.07. The van der Waals surface area contributed by atoms with Crippen molar-refractivity contribution >= 4 is 23.3 Å². The molecular formula is C9H13N3O3S. The molecule has 7 heteroatoms. The predicted octanol–water partition coefficient (Wildman–Crippen LogP) is 0.724. The summed E-state index contributed by atoms with van der Waals surface area (Å²) in [6.45, 7) is 3.57. The molecule has 6 nitrogen and oxygen atoms in total. The summed E-state index contributed by atoms with van der Waals surface area (Å²) in [6.07, 6.45) is 0. The molecule has 1 aromatic heterocycles. The molecule has 0 aliphatic heterocycles. The summed E-state index contributed by atoms with van der Waals surface area (Å²) in [4.78, 5) is 25.8. The zero-order chi connectivity index (χ0) is 12.1. The average molecular weight is 243 g/mol. The highest BCUT2D eigenvalue weighted by atomic mass is 32.1. The van der Waals surface area contributed by atoms with E-state index in [0.29, 0.717) is 6.54 Å². The van der Waals surface area contributed by atoms with Crippen LogP contribution in [0.4, 0.5) is 4.79 Å². The van der Waals surface area contributed by atoms with E-state index in [0.717, 1.165) is 10.7 Å². The molecule has 0 aromatic carbocycles. The summed E-state index contributed by atoms with van der Waals surface area (Å²) in [5.41, 5.74) is 0.904. The van der Waals surface area contributed by atoms with Gasteiger partial charge in [0.05, 0.1) is 6.54 Å². The van der Waals surface area contributed by atoms with Crippen molar-refractivity contribution in [2.75, 3.05) is 0 Å². The summed E-state index contributed by atoms with van der Waals surface area (Å²) < 4.78 is 0. The zero-order valence-electron chi connectivity index (χ0n) is 8.98. The largest absolute Gasteiger partial charge is 0.480 e. The number of aliphatic carboxylic acids is 1. The van der Waals surface area contributed by atoms with Crippen LogP contribution in [-0.4, -0.2) is 28.1 Å². The Morgan fingerprint density at radius 2 is 2.31 bits per heavy atom. The lowest BCUT2D eigenvalue weighted by atomic mass is 10.3. The minimum Gasteiger partial charge on any atom is -0.480 e. The van der Waals surface area contributed by atoms with Crippen LogP contribution in [-0.2, 0) is 11.3 Å². The van der Waals surface area contributed by atoms with E-state index in [1.165, 1.54) is 18.3 Å². The van der Waals surface area contributed by atoms with Crippen LogP contribution >= 0.6 is 11.3 Å². The van der Waals surface area contributed by atoms with Gasteiger partial charge in [0.15, 0.2) is 0 Å². The standard InChI is InChI=1S/C9H13N3O3S/c1-5-4-16-7(11-5)3-10-9(15)12-6(2)8(13)14/h4,6H,3H2,1-2H3,(H,13,14)(H2,10,12,15)/t6-/m0/s1. The van der Waals surface area contributed by atoms with E-state index >= 15 is 0 Å². The molecule has 0 spiro atoms. The minimum atomic E-state index is -1.07. The molecule has 3 N–H and O–H groups in total. The fourth-order valence-corrected chi connectivity index (χ4v) is 1.66. The number of carbonyl (C=O) groups excluding carboxylic acids is 1. The van der Waals surface area contributed by atoms with Crippen molar-refractivity contribution in [2.45, 2.75) is 26.4 Å². The number of aryl methyl sites for hydroxylation is 1. The van der Waals surface area contributed by atoms with E-state index in [9.17, 15) is 9.59 Å². The first-order chi connectivity index (χ1) is 7.49. The van der Waals surface area contributed by atoms with Crippen molar-refractivity contribution < 1.29 is 14.7 Å². The number of rotatable bonds is 4. The molecular weight excluding hydrogens is 230 g/mol. The van der Waals surface area contributed by atoms with Gasteiger partial charge in [0.2, 0.25) is 0 Å². The Labute approximate surface area is 96.7 Å². The maximum atomic E-state index is 11.2. The van der Waals surface area contributed by atoms with Gasteiger partial charge >= 0.3 is 12.0 Å². The summed E-state index contributed by atoms with van der Waals surface area (Å²) >= 11 is 1.45. The van der Waals surface area contributed by atoms with Gasteiger partial charge in [0.25, 0.3) is 0 Å². The Balaban J connectivity index is 2.33. The second-order valence-electron chi connectivity index (χ2n) is 3.27. The lowest BCUT2D eigenvalue weighted by Crippen LogP contribution is -2.44. The third kappa shape index (κ3) is 3.85. The number of nitrogens with one attached hydrogen (secondary N) is 2. The quantitative estimate of drug-likeness (QED) is 0.726. The SMILES string of the molecule is Cc1csc(CNC(=O)N[C@@H](C)C(=O)O)n1. The Morgan fingerprint density at radius 1 is 1.62 bits per heavy atom. The number of amides is 2. The van der Waals surface area contributed by atoms with Crippen LogP contribution in [0.1, 0.15) is 17.6 Å². The Hall–Kier alpha value is -1.63. The van der Waals surface area contributed by atoms with Gasteiger partial charge in [-0.1, -0.05) is 0 Å². The smallest absolute Gasteiger partial charge is 0.325 e. The first kappa shape index (κ1) is 12.4. The second kappa shape index (κ2) is 5.45. The van der Waals surface area contributed by atoms with Gasteiger partial charge in [-0.05, 0) is 13.8 Å². The number of carboxylic acids is 1. The van der Waals surface area contributed by atoms with Crippen molar-refractivity contribution in [2.24, 2.45) is 0 Å². The topological polar surface area (TPSA) is 91.3 Å². The van der Waals surface area contributed by atoms with Crippen LogP contribution in [0.5, 0.6) is 0 Å². The number of carboxylic acid groups (broad SMARTS) is 1. The van der Waals surface area contributed by atoms with Crippen molar-refractivity contribution in [3.63, 3.8) is 0 Å². The maximum Gasteiger partial charge on any atom is 0.325 e. The van der Waals surface area contributed by atoms with Crippen molar-refractivity contribution in [1.82, 2.24) is 15.6 Å². The molecule has 2 amide bonds. The maximum absolute atomic E-state index is 11.2. The molecule has 0 aliphatic carbocycles. The molecule has 1 atom stereocenters. The van der Waals surface area contributed by atoms with E-state index in [1.807, 2.05) is 12.3 Å². The Kier molecular flexibility index (Phi) is 4.24. The van der Waals surface area contributed by atoms with Crippen molar-refractivity contribution in [3.8, 4) is 0 Å². The molecule has 1 aromatic rings. The molecule has 0 saturated heterocycles. The van der Waals surface area contributed by atoms with Gasteiger partial charge in [-0.3, -0.25) is 4.79 Å². The molecule has 1 rings (SSSR count). The van der Waals surface area contributed by atoms with Gasteiger partial charge in [0.1, 0.15) is 11.0 Å². The molecule has 0 bridgehead atoms. The van der Waals surface area contributed by atoms with E-state index in [-0.39, 0.29) is 0 Å². The zero-order valence-corrected chi connectivity index (χ0v) is 9.80. The fourth-order valence-electron chi connectivity index (χ4n) is 0.949. The second-order valence-corrected chi connectivity index (χ2v) is 4.21. The number of hydrogen-bond donors (Lipinski definition) is 3. The first-order valence-corrected chi connectivity index (χ1v) is 5.55. The number of hydrogen-bond acceptors (Lipinski definition) is 4. The third-order valence-electron chi connectivity index (χ3n) is 1.78. The van der Waals surface area contributed by atoms with Crippen LogP contribution in [0.15, 0.2) is 5.38 Å². The van der Waals surface area contributed by atoms with Crippen LogP contribution in [0.3, 0.4) is 0 Å². The molecule has 0 radical (unpaired) electrons. The molecule has 0 unspecified atom stereocenters. The third-order valence-corrected chi connectivity index (χ3v) is 2.75. The van der Waals surface area contributed by atoms with Crippen LogP contribution < -0.4 is 10.6 Å². The number of thiazole rings is 1. The van der Waals surface area contributed by atoms with Crippen LogP contribution in [0.25, 0.3) is 0 Å². The first-order valence-electron chi connectivity index (χ1n) is 4.67. The Morgan fingerprint density at radius 3 is 2.81 bits per heavy atom. The molecule has 1 heterocycles. The Bertz CT molecular complexity index is 391. The van der Waals surface area contributed by atoms with Crippen molar-refractivity contribution in [3.05, 3.63) is 16.1 Å². The van der Waals surface area contributed by atoms with Crippen LogP contribution in [0, 0.1) is 6.92 Å². The number of nitrogens with zero attached hydrogens (tertiary/aromatic N) is 1. The number of urea groups is 1. The van der Waals surface area contributed by atoms with Crippen molar-refractivity contribution in [1.29, 1.82) is 0 Å². The molecule has 0 saturated carbocycles. The minimum absolute atomic E-state index is 0.302. The molecule has 16 heavy (non-hydrogen) atoms. The summed E-state index contributed by atoms with van der Waals surface area (Å²) in [7, 11) is 0. The van der Waals surface area contributed by atoms with Crippen LogP contribution in [0.2, 0.25) is 0 Å². The predicted molar refractivity (Wildman–Crippen MR) is 59.3 cm³/mol. The van der Waals surface area contributed by atoms with E-state index in [1.54, 1.807) is 0 Å². The molecule has 88 valence electrons. The normalized spacial score (nSPS) is 11.9. The highest BCUT2D eigenvalue weighted by molar-refractivity contribution is 7.09. The van der Waals surface area contributed by atoms with Gasteiger partial charge in [-0.25, -0.2) is 9.78 Å². The highest BCUT2D eigenvalue weighted by Gasteiger charge is 2.13. The number of carbonyl (C=O) groups is 2. The average Bonchev–Trinajstić information content (AvgIpc) is 2.61. The lowest BCUT2D eigenvalue weighted by molar-refractivity contribution is -0.138. The fraction of sp³-hybridized carbons (Fsp3) is 0.444. The summed E-state index contributed by atoms with van der Waals surface area (Å²) in [5.74, 6) is -1.07. The van der Waals surface area contributed by atoms with E-state index in [4.69, 9.17) is 5.11 Å².